The molecule has 0 atom stereocenters. The van der Waals surface area contributed by atoms with Gasteiger partial charge in [0.15, 0.2) is 0 Å². The third-order valence-corrected chi connectivity index (χ3v) is 2.54. The molecule has 1 heterocycles. The fraction of sp³-hybridized carbons (Fsp3) is 0. The summed E-state index contributed by atoms with van der Waals surface area (Å²) in [7, 11) is 0. The van der Waals surface area contributed by atoms with Gasteiger partial charge in [0, 0.05) is 0 Å². The second kappa shape index (κ2) is 3.75. The van der Waals surface area contributed by atoms with Crippen molar-refractivity contribution in [2.45, 2.75) is 0 Å². The minimum atomic E-state index is 0.386. The molecule has 0 fully saturated rings. The summed E-state index contributed by atoms with van der Waals surface area (Å²) < 4.78 is 2.48. The Labute approximate surface area is 95.1 Å². The van der Waals surface area contributed by atoms with E-state index in [1.54, 1.807) is 29.0 Å². The van der Waals surface area contributed by atoms with E-state index < -0.39 is 0 Å². The van der Waals surface area contributed by atoms with Crippen molar-refractivity contribution >= 4 is 21.9 Å². The fourth-order valence-electron chi connectivity index (χ4n) is 1.31. The number of nitriles is 1. The van der Waals surface area contributed by atoms with Crippen molar-refractivity contribution in [1.29, 1.82) is 5.26 Å². The zero-order valence-electron chi connectivity index (χ0n) is 7.68. The van der Waals surface area contributed by atoms with Crippen LogP contribution in [0, 0.1) is 11.3 Å². The molecule has 0 aliphatic heterocycles. The number of anilines is 1. The fourth-order valence-corrected chi connectivity index (χ4v) is 1.80. The lowest BCUT2D eigenvalue weighted by Gasteiger charge is -2.06. The van der Waals surface area contributed by atoms with Gasteiger partial charge in [-0.15, -0.1) is 0 Å². The highest BCUT2D eigenvalue weighted by Gasteiger charge is 2.06. The van der Waals surface area contributed by atoms with E-state index in [0.717, 1.165) is 10.3 Å². The zero-order valence-corrected chi connectivity index (χ0v) is 9.27. The molecule has 4 nitrogen and oxygen atoms in total. The number of nitrogen functional groups attached to an aromatic ring is 1. The number of nitrogens with two attached hydrogens (primary N) is 1. The average molecular weight is 263 g/mol. The Kier molecular flexibility index (Phi) is 2.44. The van der Waals surface area contributed by atoms with E-state index in [0.29, 0.717) is 11.5 Å². The van der Waals surface area contributed by atoms with Crippen molar-refractivity contribution in [3.8, 4) is 11.8 Å². The second-order valence-corrected chi connectivity index (χ2v) is 3.75. The van der Waals surface area contributed by atoms with Crippen LogP contribution in [-0.4, -0.2) is 9.55 Å². The van der Waals surface area contributed by atoms with Crippen molar-refractivity contribution in [2.75, 3.05) is 5.73 Å². The Bertz CT molecular complexity index is 519. The smallest absolute Gasteiger partial charge is 0.205 e. The molecular formula is C10H7BrN4. The van der Waals surface area contributed by atoms with Gasteiger partial charge in [0.1, 0.15) is 4.60 Å². The minimum absolute atomic E-state index is 0.386. The normalized spacial score (nSPS) is 9.87. The third kappa shape index (κ3) is 1.72. The predicted octanol–water partition coefficient (Wildman–Crippen LogP) is 2.09. The summed E-state index contributed by atoms with van der Waals surface area (Å²) in [6, 6.07) is 9.24. The maximum Gasteiger partial charge on any atom is 0.205 e. The lowest BCUT2D eigenvalue weighted by Crippen LogP contribution is -2.01. The van der Waals surface area contributed by atoms with Gasteiger partial charge in [-0.05, 0) is 34.1 Å². The molecule has 0 bridgehead atoms. The first-order valence-corrected chi connectivity index (χ1v) is 5.01. The van der Waals surface area contributed by atoms with E-state index in [2.05, 4.69) is 27.0 Å². The van der Waals surface area contributed by atoms with E-state index in [-0.39, 0.29) is 0 Å². The van der Waals surface area contributed by atoms with Crippen LogP contribution in [0.15, 0.2) is 35.1 Å². The van der Waals surface area contributed by atoms with Crippen molar-refractivity contribution in [3.05, 3.63) is 40.6 Å². The molecule has 2 N–H and O–H groups in total. The lowest BCUT2D eigenvalue weighted by atomic mass is 10.2. The summed E-state index contributed by atoms with van der Waals surface area (Å²) in [4.78, 5) is 3.96. The van der Waals surface area contributed by atoms with Crippen LogP contribution in [0.1, 0.15) is 5.56 Å². The molecule has 0 saturated carbocycles. The van der Waals surface area contributed by atoms with Crippen LogP contribution in [0.4, 0.5) is 5.95 Å². The van der Waals surface area contributed by atoms with Crippen molar-refractivity contribution in [2.24, 2.45) is 0 Å². The van der Waals surface area contributed by atoms with Crippen LogP contribution in [0.2, 0.25) is 0 Å². The zero-order chi connectivity index (χ0) is 10.8. The number of aromatic nitrogens is 2. The molecule has 0 amide bonds. The van der Waals surface area contributed by atoms with E-state index in [4.69, 9.17) is 11.0 Å². The van der Waals surface area contributed by atoms with Gasteiger partial charge in [-0.25, -0.2) is 4.98 Å². The highest BCUT2D eigenvalue weighted by Crippen LogP contribution is 2.21. The number of hydrogen-bond donors (Lipinski definition) is 1. The monoisotopic (exact) mass is 262 g/mol. The number of hydrogen-bond acceptors (Lipinski definition) is 3. The SMILES string of the molecule is N#Cc1cccc(-n2c(Br)cnc2N)c1. The van der Waals surface area contributed by atoms with Crippen LogP contribution in [0.3, 0.4) is 0 Å². The summed E-state index contributed by atoms with van der Waals surface area (Å²) >= 11 is 3.34. The molecule has 15 heavy (non-hydrogen) atoms. The Morgan fingerprint density at radius 3 is 2.87 bits per heavy atom. The van der Waals surface area contributed by atoms with Gasteiger partial charge in [0.05, 0.1) is 23.5 Å². The Morgan fingerprint density at radius 2 is 2.27 bits per heavy atom. The summed E-state index contributed by atoms with van der Waals surface area (Å²) in [6.45, 7) is 0. The standard InChI is InChI=1S/C10H7BrN4/c11-9-6-14-10(13)15(9)8-3-1-2-7(4-8)5-12/h1-4,6H,(H2,13,14). The first-order valence-electron chi connectivity index (χ1n) is 4.21. The molecule has 2 aromatic rings. The highest BCUT2D eigenvalue weighted by atomic mass is 79.9. The van der Waals surface area contributed by atoms with Crippen LogP contribution in [0.5, 0.6) is 0 Å². The molecular weight excluding hydrogens is 256 g/mol. The maximum atomic E-state index is 8.78. The van der Waals surface area contributed by atoms with Gasteiger partial charge in [0.2, 0.25) is 5.95 Å². The van der Waals surface area contributed by atoms with Crippen LogP contribution in [-0.2, 0) is 0 Å². The van der Waals surface area contributed by atoms with Gasteiger partial charge >= 0.3 is 0 Å². The Hall–Kier alpha value is -1.80. The van der Waals surface area contributed by atoms with Gasteiger partial charge in [-0.3, -0.25) is 4.57 Å². The topological polar surface area (TPSA) is 67.6 Å². The second-order valence-electron chi connectivity index (χ2n) is 2.94. The van der Waals surface area contributed by atoms with Crippen LogP contribution < -0.4 is 5.73 Å². The molecule has 0 unspecified atom stereocenters. The summed E-state index contributed by atoms with van der Waals surface area (Å²) in [5.41, 5.74) is 7.11. The number of halogens is 1. The third-order valence-electron chi connectivity index (χ3n) is 1.98. The summed E-state index contributed by atoms with van der Waals surface area (Å²) in [5.74, 6) is 0.386. The lowest BCUT2D eigenvalue weighted by molar-refractivity contribution is 1.05. The Balaban J connectivity index is 2.60. The number of nitrogens with zero attached hydrogens (tertiary/aromatic N) is 3. The van der Waals surface area contributed by atoms with Gasteiger partial charge in [-0.1, -0.05) is 6.07 Å². The molecule has 74 valence electrons. The first kappa shape index (κ1) is 9.74. The predicted molar refractivity (Wildman–Crippen MR) is 60.4 cm³/mol. The number of benzene rings is 1. The molecule has 1 aromatic carbocycles. The molecule has 1 aromatic heterocycles. The van der Waals surface area contributed by atoms with E-state index in [1.807, 2.05) is 6.07 Å². The molecule has 0 aliphatic carbocycles. The number of rotatable bonds is 1. The van der Waals surface area contributed by atoms with Gasteiger partial charge in [-0.2, -0.15) is 5.26 Å². The molecule has 0 radical (unpaired) electrons. The van der Waals surface area contributed by atoms with Crippen molar-refractivity contribution in [1.82, 2.24) is 9.55 Å². The van der Waals surface area contributed by atoms with E-state index in [1.165, 1.54) is 0 Å². The van der Waals surface area contributed by atoms with Gasteiger partial charge < -0.3 is 5.73 Å². The van der Waals surface area contributed by atoms with Crippen molar-refractivity contribution in [3.63, 3.8) is 0 Å². The molecule has 5 heteroatoms. The molecule has 2 rings (SSSR count). The van der Waals surface area contributed by atoms with Crippen LogP contribution in [0.25, 0.3) is 5.69 Å². The maximum absolute atomic E-state index is 8.78. The molecule has 0 spiro atoms. The minimum Gasteiger partial charge on any atom is -0.369 e. The summed E-state index contributed by atoms with van der Waals surface area (Å²) in [5, 5.41) is 8.78. The molecule has 0 saturated heterocycles. The van der Waals surface area contributed by atoms with Gasteiger partial charge in [0.25, 0.3) is 0 Å². The van der Waals surface area contributed by atoms with Crippen molar-refractivity contribution < 1.29 is 0 Å². The largest absolute Gasteiger partial charge is 0.369 e. The molecule has 0 aliphatic rings. The van der Waals surface area contributed by atoms with E-state index in [9.17, 15) is 0 Å². The first-order chi connectivity index (χ1) is 7.22. The highest BCUT2D eigenvalue weighted by molar-refractivity contribution is 9.10. The number of imidazole rings is 1. The van der Waals surface area contributed by atoms with E-state index >= 15 is 0 Å². The summed E-state index contributed by atoms with van der Waals surface area (Å²) in [6.07, 6.45) is 1.62. The quantitative estimate of drug-likeness (QED) is 0.856. The Morgan fingerprint density at radius 1 is 1.47 bits per heavy atom. The van der Waals surface area contributed by atoms with Crippen LogP contribution >= 0.6 is 15.9 Å². The average Bonchev–Trinajstić information content (AvgIpc) is 2.59.